The van der Waals surface area contributed by atoms with E-state index in [0.717, 1.165) is 19.4 Å². The van der Waals surface area contributed by atoms with Gasteiger partial charge in [0.15, 0.2) is 0 Å². The predicted octanol–water partition coefficient (Wildman–Crippen LogP) is 1.76. The molecule has 19 heavy (non-hydrogen) atoms. The van der Waals surface area contributed by atoms with Crippen molar-refractivity contribution in [2.24, 2.45) is 11.7 Å². The number of likely N-dealkylation sites (tertiary alicyclic amines) is 1. The third-order valence-electron chi connectivity index (χ3n) is 3.68. The molecule has 1 fully saturated rings. The summed E-state index contributed by atoms with van der Waals surface area (Å²) in [6.45, 7) is 3.47. The smallest absolute Gasteiger partial charge is 0.253 e. The third kappa shape index (κ3) is 2.94. The molecule has 1 saturated heterocycles. The van der Waals surface area contributed by atoms with E-state index in [1.807, 2.05) is 4.90 Å². The number of hydrogen-bond donors (Lipinski definition) is 1. The minimum absolute atomic E-state index is 0.0221. The first-order chi connectivity index (χ1) is 9.15. The van der Waals surface area contributed by atoms with E-state index in [0.29, 0.717) is 23.6 Å². The van der Waals surface area contributed by atoms with Crippen LogP contribution >= 0.6 is 0 Å². The van der Waals surface area contributed by atoms with Crippen LogP contribution in [0.2, 0.25) is 0 Å². The van der Waals surface area contributed by atoms with Gasteiger partial charge in [0.25, 0.3) is 5.91 Å². The highest BCUT2D eigenvalue weighted by Crippen LogP contribution is 2.22. The summed E-state index contributed by atoms with van der Waals surface area (Å²) in [5.41, 5.74) is 7.17. The van der Waals surface area contributed by atoms with Crippen molar-refractivity contribution in [3.63, 3.8) is 0 Å². The second-order valence-corrected chi connectivity index (χ2v) is 5.12. The second-order valence-electron chi connectivity index (χ2n) is 5.12. The van der Waals surface area contributed by atoms with Crippen LogP contribution in [0.3, 0.4) is 0 Å². The molecule has 1 aliphatic rings. The molecule has 1 aromatic carbocycles. The molecule has 0 unspecified atom stereocenters. The SMILES string of the molecule is CCC[C@H]1CN(C(=O)c2cccc(C#N)c2)C[C@@H]1N. The van der Waals surface area contributed by atoms with Gasteiger partial charge < -0.3 is 10.6 Å². The first-order valence-electron chi connectivity index (χ1n) is 6.70. The molecule has 1 aromatic rings. The monoisotopic (exact) mass is 257 g/mol. The molecule has 0 bridgehead atoms. The van der Waals surface area contributed by atoms with Crippen LogP contribution in [0.15, 0.2) is 24.3 Å². The molecule has 1 aliphatic heterocycles. The minimum Gasteiger partial charge on any atom is -0.337 e. The van der Waals surface area contributed by atoms with Gasteiger partial charge in [0.05, 0.1) is 11.6 Å². The van der Waals surface area contributed by atoms with Gasteiger partial charge in [0.2, 0.25) is 0 Å². The number of nitriles is 1. The topological polar surface area (TPSA) is 70.1 Å². The van der Waals surface area contributed by atoms with Crippen LogP contribution in [-0.2, 0) is 0 Å². The summed E-state index contributed by atoms with van der Waals surface area (Å²) in [4.78, 5) is 14.2. The highest BCUT2D eigenvalue weighted by atomic mass is 16.2. The molecule has 0 radical (unpaired) electrons. The first kappa shape index (κ1) is 13.6. The number of rotatable bonds is 3. The number of carbonyl (C=O) groups excluding carboxylic acids is 1. The molecule has 0 aliphatic carbocycles. The summed E-state index contributed by atoms with van der Waals surface area (Å²) in [6, 6.07) is 8.96. The molecule has 100 valence electrons. The zero-order chi connectivity index (χ0) is 13.8. The molecule has 0 spiro atoms. The molecule has 2 atom stereocenters. The van der Waals surface area contributed by atoms with E-state index < -0.39 is 0 Å². The predicted molar refractivity (Wildman–Crippen MR) is 73.4 cm³/mol. The molecular weight excluding hydrogens is 238 g/mol. The van der Waals surface area contributed by atoms with Crippen molar-refractivity contribution < 1.29 is 4.79 Å². The molecule has 0 saturated carbocycles. The van der Waals surface area contributed by atoms with E-state index >= 15 is 0 Å². The van der Waals surface area contributed by atoms with Crippen molar-refractivity contribution >= 4 is 5.91 Å². The van der Waals surface area contributed by atoms with Gasteiger partial charge >= 0.3 is 0 Å². The van der Waals surface area contributed by atoms with Crippen molar-refractivity contribution in [3.05, 3.63) is 35.4 Å². The fourth-order valence-electron chi connectivity index (χ4n) is 2.64. The Morgan fingerprint density at radius 1 is 1.53 bits per heavy atom. The van der Waals surface area contributed by atoms with Gasteiger partial charge in [0, 0.05) is 24.7 Å². The maximum atomic E-state index is 12.4. The summed E-state index contributed by atoms with van der Waals surface area (Å²) >= 11 is 0. The maximum absolute atomic E-state index is 12.4. The first-order valence-corrected chi connectivity index (χ1v) is 6.70. The number of nitrogens with two attached hydrogens (primary N) is 1. The number of amides is 1. The Kier molecular flexibility index (Phi) is 4.18. The average Bonchev–Trinajstić information content (AvgIpc) is 2.80. The Morgan fingerprint density at radius 2 is 2.32 bits per heavy atom. The van der Waals surface area contributed by atoms with Gasteiger partial charge in [-0.15, -0.1) is 0 Å². The van der Waals surface area contributed by atoms with Crippen LogP contribution in [0.1, 0.15) is 35.7 Å². The Hall–Kier alpha value is -1.86. The number of nitrogens with zero attached hydrogens (tertiary/aromatic N) is 2. The molecule has 4 nitrogen and oxygen atoms in total. The Labute approximate surface area is 113 Å². The van der Waals surface area contributed by atoms with Crippen LogP contribution < -0.4 is 5.73 Å². The number of carbonyl (C=O) groups is 1. The standard InChI is InChI=1S/C15H19N3O/c1-2-4-13-9-18(10-14(13)17)15(19)12-6-3-5-11(7-12)8-16/h3,5-7,13-14H,2,4,9-10,17H2,1H3/t13-,14-/m0/s1. The molecule has 4 heteroatoms. The van der Waals surface area contributed by atoms with E-state index in [2.05, 4.69) is 13.0 Å². The minimum atomic E-state index is -0.0221. The fourth-order valence-corrected chi connectivity index (χ4v) is 2.64. The molecule has 1 heterocycles. The quantitative estimate of drug-likeness (QED) is 0.897. The van der Waals surface area contributed by atoms with Crippen molar-refractivity contribution in [1.29, 1.82) is 5.26 Å². The van der Waals surface area contributed by atoms with Crippen molar-refractivity contribution in [3.8, 4) is 6.07 Å². The Balaban J connectivity index is 2.10. The van der Waals surface area contributed by atoms with Crippen LogP contribution in [0, 0.1) is 17.2 Å². The number of hydrogen-bond acceptors (Lipinski definition) is 3. The molecule has 2 N–H and O–H groups in total. The van der Waals surface area contributed by atoms with Gasteiger partial charge in [0.1, 0.15) is 0 Å². The van der Waals surface area contributed by atoms with Gasteiger partial charge in [-0.2, -0.15) is 5.26 Å². The van der Waals surface area contributed by atoms with Crippen LogP contribution in [0.25, 0.3) is 0 Å². The zero-order valence-electron chi connectivity index (χ0n) is 11.2. The average molecular weight is 257 g/mol. The highest BCUT2D eigenvalue weighted by molar-refractivity contribution is 5.94. The lowest BCUT2D eigenvalue weighted by molar-refractivity contribution is 0.0785. The summed E-state index contributed by atoms with van der Waals surface area (Å²) in [6.07, 6.45) is 2.15. The number of benzene rings is 1. The lowest BCUT2D eigenvalue weighted by Crippen LogP contribution is -2.32. The summed E-state index contributed by atoms with van der Waals surface area (Å²) in [5, 5.41) is 8.87. The van der Waals surface area contributed by atoms with E-state index in [-0.39, 0.29) is 11.9 Å². The van der Waals surface area contributed by atoms with Crippen molar-refractivity contribution in [2.75, 3.05) is 13.1 Å². The van der Waals surface area contributed by atoms with Gasteiger partial charge in [-0.1, -0.05) is 19.4 Å². The van der Waals surface area contributed by atoms with Crippen LogP contribution in [-0.4, -0.2) is 29.9 Å². The lowest BCUT2D eigenvalue weighted by atomic mass is 9.99. The van der Waals surface area contributed by atoms with E-state index in [9.17, 15) is 4.79 Å². The second kappa shape index (κ2) is 5.85. The molecular formula is C15H19N3O. The Morgan fingerprint density at radius 3 is 3.00 bits per heavy atom. The molecule has 2 rings (SSSR count). The summed E-state index contributed by atoms with van der Waals surface area (Å²) in [5.74, 6) is 0.374. The van der Waals surface area contributed by atoms with Gasteiger partial charge in [-0.3, -0.25) is 4.79 Å². The highest BCUT2D eigenvalue weighted by Gasteiger charge is 2.32. The summed E-state index contributed by atoms with van der Waals surface area (Å²) in [7, 11) is 0. The maximum Gasteiger partial charge on any atom is 0.253 e. The lowest BCUT2D eigenvalue weighted by Gasteiger charge is -2.16. The van der Waals surface area contributed by atoms with Gasteiger partial charge in [-0.25, -0.2) is 0 Å². The Bertz CT molecular complexity index is 506. The fraction of sp³-hybridized carbons (Fsp3) is 0.467. The molecule has 0 aromatic heterocycles. The van der Waals surface area contributed by atoms with E-state index in [1.165, 1.54) is 0 Å². The third-order valence-corrected chi connectivity index (χ3v) is 3.68. The largest absolute Gasteiger partial charge is 0.337 e. The van der Waals surface area contributed by atoms with Crippen molar-refractivity contribution in [2.45, 2.75) is 25.8 Å². The van der Waals surface area contributed by atoms with E-state index in [4.69, 9.17) is 11.0 Å². The van der Waals surface area contributed by atoms with Crippen LogP contribution in [0.5, 0.6) is 0 Å². The summed E-state index contributed by atoms with van der Waals surface area (Å²) < 4.78 is 0. The molecule has 1 amide bonds. The van der Waals surface area contributed by atoms with Crippen molar-refractivity contribution in [1.82, 2.24) is 4.90 Å². The zero-order valence-corrected chi connectivity index (χ0v) is 11.2. The van der Waals surface area contributed by atoms with Crippen LogP contribution in [0.4, 0.5) is 0 Å². The normalized spacial score (nSPS) is 22.3. The van der Waals surface area contributed by atoms with E-state index in [1.54, 1.807) is 24.3 Å². The van der Waals surface area contributed by atoms with Gasteiger partial charge in [-0.05, 0) is 30.5 Å².